The lowest BCUT2D eigenvalue weighted by Gasteiger charge is -2.28. The van der Waals surface area contributed by atoms with Crippen LogP contribution in [0.4, 0.5) is 5.95 Å². The van der Waals surface area contributed by atoms with Gasteiger partial charge < -0.3 is 15.2 Å². The van der Waals surface area contributed by atoms with Crippen LogP contribution in [0.1, 0.15) is 38.7 Å². The number of hydrogen-bond acceptors (Lipinski definition) is 6. The van der Waals surface area contributed by atoms with Crippen molar-refractivity contribution in [2.75, 3.05) is 18.5 Å². The summed E-state index contributed by atoms with van der Waals surface area (Å²) < 4.78 is 7.08. The van der Waals surface area contributed by atoms with Crippen molar-refractivity contribution < 1.29 is 9.84 Å². The summed E-state index contributed by atoms with van der Waals surface area (Å²) in [7, 11) is 0. The highest BCUT2D eigenvalue weighted by Crippen LogP contribution is 2.24. The number of aryl methyl sites for hydroxylation is 1. The number of ether oxygens (including phenoxy) is 1. The average molecular weight is 305 g/mol. The first-order valence-corrected chi connectivity index (χ1v) is 7.61. The SMILES string of the molecule is Cc1nc(C(C)(C)C)n2nc(N[C@@H]3CCOC[C@H]3O)ncc12. The molecule has 1 aliphatic heterocycles. The molecule has 7 heteroatoms. The molecule has 7 nitrogen and oxygen atoms in total. The van der Waals surface area contributed by atoms with Crippen molar-refractivity contribution >= 4 is 11.5 Å². The van der Waals surface area contributed by atoms with E-state index in [1.54, 1.807) is 6.20 Å². The van der Waals surface area contributed by atoms with Gasteiger partial charge in [-0.05, 0) is 13.3 Å². The second kappa shape index (κ2) is 5.48. The second-order valence-corrected chi connectivity index (χ2v) is 6.83. The minimum atomic E-state index is -0.542. The van der Waals surface area contributed by atoms with Crippen LogP contribution in [0.3, 0.4) is 0 Å². The Labute approximate surface area is 129 Å². The summed E-state index contributed by atoms with van der Waals surface area (Å²) in [6.07, 6.45) is 1.97. The smallest absolute Gasteiger partial charge is 0.241 e. The van der Waals surface area contributed by atoms with Gasteiger partial charge in [0.2, 0.25) is 5.95 Å². The molecule has 0 saturated carbocycles. The Hall–Kier alpha value is -1.73. The highest BCUT2D eigenvalue weighted by Gasteiger charge is 2.26. The van der Waals surface area contributed by atoms with Gasteiger partial charge in [0.25, 0.3) is 0 Å². The first kappa shape index (κ1) is 15.2. The Balaban J connectivity index is 1.95. The molecule has 0 radical (unpaired) electrons. The molecule has 1 aliphatic rings. The van der Waals surface area contributed by atoms with Crippen molar-refractivity contribution in [3.63, 3.8) is 0 Å². The van der Waals surface area contributed by atoms with Crippen LogP contribution in [0.25, 0.3) is 5.52 Å². The molecule has 2 N–H and O–H groups in total. The molecule has 0 amide bonds. The van der Waals surface area contributed by atoms with E-state index in [0.29, 0.717) is 19.2 Å². The molecule has 0 unspecified atom stereocenters. The van der Waals surface area contributed by atoms with E-state index in [-0.39, 0.29) is 11.5 Å². The maximum absolute atomic E-state index is 9.97. The van der Waals surface area contributed by atoms with Crippen LogP contribution in [0, 0.1) is 6.92 Å². The summed E-state index contributed by atoms with van der Waals surface area (Å²) in [6.45, 7) is 9.27. The van der Waals surface area contributed by atoms with Gasteiger partial charge in [0.1, 0.15) is 11.3 Å². The number of rotatable bonds is 2. The predicted molar refractivity (Wildman–Crippen MR) is 83.1 cm³/mol. The number of aliphatic hydroxyl groups is 1. The molecule has 2 atom stereocenters. The average Bonchev–Trinajstić information content (AvgIpc) is 2.78. The van der Waals surface area contributed by atoms with E-state index < -0.39 is 6.10 Å². The maximum Gasteiger partial charge on any atom is 0.241 e. The van der Waals surface area contributed by atoms with E-state index in [1.165, 1.54) is 0 Å². The number of fused-ring (bicyclic) bond motifs is 1. The number of hydrogen-bond donors (Lipinski definition) is 2. The first-order chi connectivity index (χ1) is 10.4. The molecule has 0 aliphatic carbocycles. The molecule has 3 rings (SSSR count). The van der Waals surface area contributed by atoms with Crippen molar-refractivity contribution in [2.24, 2.45) is 0 Å². The van der Waals surface area contributed by atoms with Gasteiger partial charge in [-0.25, -0.2) is 14.5 Å². The quantitative estimate of drug-likeness (QED) is 0.870. The molecule has 2 aromatic heterocycles. The van der Waals surface area contributed by atoms with Crippen LogP contribution in [0.2, 0.25) is 0 Å². The van der Waals surface area contributed by atoms with Gasteiger partial charge >= 0.3 is 0 Å². The van der Waals surface area contributed by atoms with Gasteiger partial charge in [-0.3, -0.25) is 0 Å². The largest absolute Gasteiger partial charge is 0.389 e. The molecular weight excluding hydrogens is 282 g/mol. The minimum absolute atomic E-state index is 0.0890. The number of nitrogens with zero attached hydrogens (tertiary/aromatic N) is 4. The lowest BCUT2D eigenvalue weighted by Crippen LogP contribution is -2.42. The zero-order valence-corrected chi connectivity index (χ0v) is 13.5. The Kier molecular flexibility index (Phi) is 3.78. The van der Waals surface area contributed by atoms with Gasteiger partial charge in [-0.1, -0.05) is 20.8 Å². The maximum atomic E-state index is 9.97. The fraction of sp³-hybridized carbons (Fsp3) is 0.667. The Bertz CT molecular complexity index is 676. The van der Waals surface area contributed by atoms with Gasteiger partial charge in [0.15, 0.2) is 0 Å². The highest BCUT2D eigenvalue weighted by molar-refractivity contribution is 5.51. The topological polar surface area (TPSA) is 84.6 Å². The summed E-state index contributed by atoms with van der Waals surface area (Å²) in [5.41, 5.74) is 1.71. The number of imidazole rings is 1. The summed E-state index contributed by atoms with van der Waals surface area (Å²) in [4.78, 5) is 8.98. The van der Waals surface area contributed by atoms with Crippen molar-refractivity contribution in [1.29, 1.82) is 0 Å². The third kappa shape index (κ3) is 2.78. The zero-order chi connectivity index (χ0) is 15.9. The van der Waals surface area contributed by atoms with E-state index in [1.807, 2.05) is 11.4 Å². The molecule has 120 valence electrons. The first-order valence-electron chi connectivity index (χ1n) is 7.61. The standard InChI is InChI=1S/C15H23N5O2/c1-9-11-7-16-14(18-10-5-6-22-8-12(10)21)19-20(11)13(17-9)15(2,3)4/h7,10,12,21H,5-6,8H2,1-4H3,(H,18,19)/t10-,12-/m1/s1. The minimum Gasteiger partial charge on any atom is -0.389 e. The van der Waals surface area contributed by atoms with Crippen LogP contribution < -0.4 is 5.32 Å². The summed E-state index contributed by atoms with van der Waals surface area (Å²) in [6, 6.07) is -0.0890. The third-order valence-corrected chi connectivity index (χ3v) is 3.89. The highest BCUT2D eigenvalue weighted by atomic mass is 16.5. The Morgan fingerprint density at radius 3 is 2.86 bits per heavy atom. The molecule has 0 spiro atoms. The number of anilines is 1. The van der Waals surface area contributed by atoms with Gasteiger partial charge in [0.05, 0.1) is 30.6 Å². The summed E-state index contributed by atoms with van der Waals surface area (Å²) >= 11 is 0. The normalized spacial score (nSPS) is 23.0. The van der Waals surface area contributed by atoms with E-state index in [0.717, 1.165) is 23.5 Å². The van der Waals surface area contributed by atoms with Gasteiger partial charge in [-0.15, -0.1) is 5.10 Å². The van der Waals surface area contributed by atoms with Crippen molar-refractivity contribution in [1.82, 2.24) is 19.6 Å². The van der Waals surface area contributed by atoms with E-state index >= 15 is 0 Å². The predicted octanol–water partition coefficient (Wildman–Crippen LogP) is 1.29. The molecule has 1 saturated heterocycles. The molecule has 2 aromatic rings. The van der Waals surface area contributed by atoms with Gasteiger partial charge in [-0.2, -0.15) is 0 Å². The molecule has 1 fully saturated rings. The van der Waals surface area contributed by atoms with Crippen molar-refractivity contribution in [3.05, 3.63) is 17.7 Å². The van der Waals surface area contributed by atoms with Crippen LogP contribution in [-0.2, 0) is 10.2 Å². The number of aromatic nitrogens is 4. The van der Waals surface area contributed by atoms with Crippen molar-refractivity contribution in [2.45, 2.75) is 51.7 Å². The van der Waals surface area contributed by atoms with Crippen LogP contribution in [0.5, 0.6) is 0 Å². The summed E-state index contributed by atoms with van der Waals surface area (Å²) in [5.74, 6) is 1.40. The molecular formula is C15H23N5O2. The second-order valence-electron chi connectivity index (χ2n) is 6.83. The van der Waals surface area contributed by atoms with Gasteiger partial charge in [0, 0.05) is 12.0 Å². The fourth-order valence-electron chi connectivity index (χ4n) is 2.63. The zero-order valence-electron chi connectivity index (χ0n) is 13.5. The lowest BCUT2D eigenvalue weighted by molar-refractivity contribution is -0.0136. The van der Waals surface area contributed by atoms with E-state index in [9.17, 15) is 5.11 Å². The molecule has 3 heterocycles. The van der Waals surface area contributed by atoms with Crippen LogP contribution in [-0.4, -0.2) is 50.0 Å². The third-order valence-electron chi connectivity index (χ3n) is 3.89. The van der Waals surface area contributed by atoms with Crippen LogP contribution >= 0.6 is 0 Å². The molecule has 22 heavy (non-hydrogen) atoms. The number of nitrogens with one attached hydrogen (secondary N) is 1. The lowest BCUT2D eigenvalue weighted by atomic mass is 9.96. The number of aliphatic hydroxyl groups excluding tert-OH is 1. The van der Waals surface area contributed by atoms with Crippen molar-refractivity contribution in [3.8, 4) is 0 Å². The van der Waals surface area contributed by atoms with E-state index in [4.69, 9.17) is 4.74 Å². The summed E-state index contributed by atoms with van der Waals surface area (Å²) in [5, 5.41) is 17.8. The van der Waals surface area contributed by atoms with E-state index in [2.05, 4.69) is 41.2 Å². The fourth-order valence-corrected chi connectivity index (χ4v) is 2.63. The Morgan fingerprint density at radius 2 is 2.18 bits per heavy atom. The monoisotopic (exact) mass is 305 g/mol. The Morgan fingerprint density at radius 1 is 1.41 bits per heavy atom. The molecule has 0 bridgehead atoms. The van der Waals surface area contributed by atoms with Crippen LogP contribution in [0.15, 0.2) is 6.20 Å². The molecule has 0 aromatic carbocycles.